The lowest BCUT2D eigenvalue weighted by molar-refractivity contribution is 0.104. The maximum atomic E-state index is 13.5. The van der Waals surface area contributed by atoms with E-state index in [1.807, 2.05) is 12.1 Å². The van der Waals surface area contributed by atoms with E-state index in [-0.39, 0.29) is 17.8 Å². The third-order valence-electron chi connectivity index (χ3n) is 5.38. The molecule has 0 bridgehead atoms. The van der Waals surface area contributed by atoms with Gasteiger partial charge in [0.15, 0.2) is 5.43 Å². The van der Waals surface area contributed by atoms with Gasteiger partial charge in [-0.2, -0.15) is 0 Å². The number of rotatable bonds is 8. The zero-order valence-corrected chi connectivity index (χ0v) is 17.8. The van der Waals surface area contributed by atoms with E-state index in [1.54, 1.807) is 23.6 Å². The normalized spacial score (nSPS) is 11.6. The van der Waals surface area contributed by atoms with Crippen LogP contribution in [0.1, 0.15) is 20.8 Å². The molecule has 0 aliphatic carbocycles. The summed E-state index contributed by atoms with van der Waals surface area (Å²) >= 11 is 0. The van der Waals surface area contributed by atoms with Gasteiger partial charge in [-0.15, -0.1) is 5.10 Å². The summed E-state index contributed by atoms with van der Waals surface area (Å²) in [5.41, 5.74) is 2.47. The number of pyridine rings is 1. The molecule has 1 N–H and O–H groups in total. The Bertz CT molecular complexity index is 1280. The van der Waals surface area contributed by atoms with Crippen molar-refractivity contribution in [3.63, 3.8) is 0 Å². The number of benzene rings is 2. The number of carbonyl (C=O) groups excluding carboxylic acids is 1. The van der Waals surface area contributed by atoms with Crippen LogP contribution in [0.4, 0.5) is 10.5 Å². The fourth-order valence-electron chi connectivity index (χ4n) is 3.77. The highest BCUT2D eigenvalue weighted by atomic mass is 16.7. The number of carbonyl (C=O) groups is 1. The highest BCUT2D eigenvalue weighted by molar-refractivity contribution is 6.06. The molecule has 4 rings (SSSR count). The van der Waals surface area contributed by atoms with Gasteiger partial charge in [-0.3, -0.25) is 4.79 Å². The lowest BCUT2D eigenvalue weighted by Crippen LogP contribution is -2.28. The van der Waals surface area contributed by atoms with Crippen LogP contribution in [0.25, 0.3) is 27.3 Å². The molecule has 0 aliphatic heterocycles. The highest BCUT2D eigenvalue weighted by Gasteiger charge is 2.18. The van der Waals surface area contributed by atoms with E-state index in [2.05, 4.69) is 34.4 Å². The zero-order chi connectivity index (χ0) is 22.0. The molecule has 162 valence electrons. The van der Waals surface area contributed by atoms with E-state index in [4.69, 9.17) is 9.47 Å². The van der Waals surface area contributed by atoms with Crippen molar-refractivity contribution in [2.45, 2.75) is 20.8 Å². The third kappa shape index (κ3) is 3.84. The monoisotopic (exact) mass is 423 g/mol. The third-order valence-corrected chi connectivity index (χ3v) is 5.38. The smallest absolute Gasteiger partial charge is 0.434 e. The fraction of sp³-hybridized carbons (Fsp3) is 0.364. The molecule has 0 radical (unpaired) electrons. The molecule has 2 aromatic heterocycles. The minimum atomic E-state index is -0.812. The van der Waals surface area contributed by atoms with Crippen LogP contribution in [0.15, 0.2) is 35.1 Å². The van der Waals surface area contributed by atoms with Gasteiger partial charge in [0.1, 0.15) is 16.8 Å². The van der Waals surface area contributed by atoms with Gasteiger partial charge in [0, 0.05) is 18.8 Å². The molecule has 0 amide bonds. The van der Waals surface area contributed by atoms with Crippen molar-refractivity contribution in [1.82, 2.24) is 19.7 Å². The van der Waals surface area contributed by atoms with Crippen molar-refractivity contribution in [2.75, 3.05) is 38.1 Å². The number of hydrogen-bond acceptors (Lipinski definition) is 8. The Balaban J connectivity index is 1.80. The summed E-state index contributed by atoms with van der Waals surface area (Å²) in [6.45, 7) is 9.65. The van der Waals surface area contributed by atoms with E-state index in [0.29, 0.717) is 33.9 Å². The molecule has 0 aliphatic rings. The zero-order valence-electron chi connectivity index (χ0n) is 17.8. The first-order valence-electron chi connectivity index (χ1n) is 10.5. The summed E-state index contributed by atoms with van der Waals surface area (Å²) in [4.78, 5) is 27.5. The van der Waals surface area contributed by atoms with Crippen molar-refractivity contribution in [3.8, 4) is 5.75 Å². The number of nitrogens with one attached hydrogen (secondary N) is 1. The second-order valence-corrected chi connectivity index (χ2v) is 7.10. The highest BCUT2D eigenvalue weighted by Crippen LogP contribution is 2.29. The van der Waals surface area contributed by atoms with Crippen LogP contribution in [0.5, 0.6) is 5.75 Å². The van der Waals surface area contributed by atoms with Crippen molar-refractivity contribution in [3.05, 3.63) is 40.6 Å². The lowest BCUT2D eigenvalue weighted by atomic mass is 10.1. The Labute approximate surface area is 178 Å². The lowest BCUT2D eigenvalue weighted by Gasteiger charge is -2.19. The second kappa shape index (κ2) is 8.73. The van der Waals surface area contributed by atoms with Crippen LogP contribution in [0, 0.1) is 0 Å². The SMILES string of the molecule is CCOC(=O)Oc1ccc2c(c1)c(=O)c1c(NCCN(CC)CC)ccc3nnn2c31. The second-order valence-electron chi connectivity index (χ2n) is 7.10. The summed E-state index contributed by atoms with van der Waals surface area (Å²) in [6, 6.07) is 8.56. The van der Waals surface area contributed by atoms with Crippen LogP contribution >= 0.6 is 0 Å². The van der Waals surface area contributed by atoms with Crippen molar-refractivity contribution < 1.29 is 14.3 Å². The summed E-state index contributed by atoms with van der Waals surface area (Å²) in [6.07, 6.45) is -0.812. The van der Waals surface area contributed by atoms with E-state index in [9.17, 15) is 9.59 Å². The van der Waals surface area contributed by atoms with Crippen molar-refractivity contribution in [2.24, 2.45) is 0 Å². The van der Waals surface area contributed by atoms with Crippen LogP contribution in [-0.4, -0.2) is 58.7 Å². The maximum absolute atomic E-state index is 13.5. The molecule has 0 spiro atoms. The van der Waals surface area contributed by atoms with E-state index in [0.717, 1.165) is 25.3 Å². The van der Waals surface area contributed by atoms with Gasteiger partial charge in [0.05, 0.1) is 22.9 Å². The van der Waals surface area contributed by atoms with E-state index >= 15 is 0 Å². The number of aromatic nitrogens is 3. The number of fused-ring (bicyclic) bond motifs is 2. The molecule has 0 saturated carbocycles. The largest absolute Gasteiger partial charge is 0.513 e. The molecule has 0 fully saturated rings. The van der Waals surface area contributed by atoms with E-state index < -0.39 is 6.16 Å². The first kappa shape index (κ1) is 20.8. The first-order chi connectivity index (χ1) is 15.1. The predicted octanol–water partition coefficient (Wildman–Crippen LogP) is 3.12. The molecule has 2 heterocycles. The molecule has 31 heavy (non-hydrogen) atoms. The Kier molecular flexibility index (Phi) is 5.85. The number of hydrogen-bond donors (Lipinski definition) is 1. The average Bonchev–Trinajstić information content (AvgIpc) is 3.20. The minimum Gasteiger partial charge on any atom is -0.434 e. The topological polar surface area (TPSA) is 98.1 Å². The molecule has 0 saturated heterocycles. The molecule has 9 nitrogen and oxygen atoms in total. The number of nitrogens with zero attached hydrogens (tertiary/aromatic N) is 4. The van der Waals surface area contributed by atoms with Gasteiger partial charge in [0.2, 0.25) is 0 Å². The maximum Gasteiger partial charge on any atom is 0.513 e. The molecule has 4 aromatic rings. The number of ether oxygens (including phenoxy) is 2. The summed E-state index contributed by atoms with van der Waals surface area (Å²) in [5, 5.41) is 12.8. The van der Waals surface area contributed by atoms with Crippen molar-refractivity contribution >= 4 is 39.2 Å². The first-order valence-corrected chi connectivity index (χ1v) is 10.5. The summed E-state index contributed by atoms with van der Waals surface area (Å²) < 4.78 is 11.7. The summed E-state index contributed by atoms with van der Waals surface area (Å²) in [7, 11) is 0. The van der Waals surface area contributed by atoms with Gasteiger partial charge >= 0.3 is 6.16 Å². The molecular weight excluding hydrogens is 398 g/mol. The Morgan fingerprint density at radius 3 is 2.71 bits per heavy atom. The quantitative estimate of drug-likeness (QED) is 0.262. The van der Waals surface area contributed by atoms with Gasteiger partial charge in [-0.25, -0.2) is 9.31 Å². The van der Waals surface area contributed by atoms with Gasteiger partial charge in [-0.1, -0.05) is 19.1 Å². The van der Waals surface area contributed by atoms with Crippen molar-refractivity contribution in [1.29, 1.82) is 0 Å². The fourth-order valence-corrected chi connectivity index (χ4v) is 3.77. The predicted molar refractivity (Wildman–Crippen MR) is 119 cm³/mol. The van der Waals surface area contributed by atoms with Crippen LogP contribution in [0.3, 0.4) is 0 Å². The Hall–Kier alpha value is -3.46. The molecule has 9 heteroatoms. The summed E-state index contributed by atoms with van der Waals surface area (Å²) in [5.74, 6) is 0.234. The van der Waals surface area contributed by atoms with Crippen LogP contribution in [0.2, 0.25) is 0 Å². The Morgan fingerprint density at radius 1 is 1.16 bits per heavy atom. The molecule has 0 atom stereocenters. The molecule has 0 unspecified atom stereocenters. The van der Waals surface area contributed by atoms with E-state index in [1.165, 1.54) is 6.07 Å². The van der Waals surface area contributed by atoms with Crippen LogP contribution in [-0.2, 0) is 4.74 Å². The number of likely N-dealkylation sites (N-methyl/N-ethyl adjacent to an activating group) is 1. The van der Waals surface area contributed by atoms with Gasteiger partial charge in [0.25, 0.3) is 0 Å². The minimum absolute atomic E-state index is 0.171. The average molecular weight is 423 g/mol. The van der Waals surface area contributed by atoms with Gasteiger partial charge < -0.3 is 19.7 Å². The van der Waals surface area contributed by atoms with Crippen LogP contribution < -0.4 is 15.5 Å². The molecule has 2 aromatic carbocycles. The van der Waals surface area contributed by atoms with Gasteiger partial charge in [-0.05, 0) is 50.3 Å². The molecular formula is C22H25N5O4. The standard InChI is InChI=1S/C22H25N5O4/c1-4-26(5-2)12-11-23-16-8-9-17-20-19(16)21(28)15-13-14(31-22(29)30-6-3)7-10-18(15)27(20)25-24-17/h7-10,13,23H,4-6,11-12H2,1-3H3. The number of anilines is 1. The Morgan fingerprint density at radius 2 is 1.97 bits per heavy atom.